The lowest BCUT2D eigenvalue weighted by molar-refractivity contribution is -0.163. The predicted octanol–water partition coefficient (Wildman–Crippen LogP) is 8.34. The van der Waals surface area contributed by atoms with Crippen LogP contribution in [0.2, 0.25) is 0 Å². The van der Waals surface area contributed by atoms with Crippen molar-refractivity contribution in [2.45, 2.75) is 65.9 Å². The summed E-state index contributed by atoms with van der Waals surface area (Å²) >= 11 is 0. The van der Waals surface area contributed by atoms with Crippen LogP contribution in [0.4, 0.5) is 17.6 Å². The summed E-state index contributed by atoms with van der Waals surface area (Å²) in [5.41, 5.74) is 0.460. The minimum atomic E-state index is -4.62. The lowest BCUT2D eigenvalue weighted by Crippen LogP contribution is -2.45. The molecule has 0 fully saturated rings. The van der Waals surface area contributed by atoms with Crippen LogP contribution in [0.3, 0.4) is 0 Å². The first-order chi connectivity index (χ1) is 20.0. The van der Waals surface area contributed by atoms with Crippen LogP contribution in [-0.4, -0.2) is 39.7 Å². The van der Waals surface area contributed by atoms with Crippen molar-refractivity contribution in [1.29, 1.82) is 0 Å². The molecule has 10 heteroatoms. The van der Waals surface area contributed by atoms with Gasteiger partial charge in [-0.05, 0) is 75.5 Å². The van der Waals surface area contributed by atoms with Crippen LogP contribution in [0.5, 0.6) is 0 Å². The molecule has 43 heavy (non-hydrogen) atoms. The zero-order valence-corrected chi connectivity index (χ0v) is 25.2. The normalized spacial score (nSPS) is 13.0. The summed E-state index contributed by atoms with van der Waals surface area (Å²) in [7, 11) is 1.73. The number of hydrogen-bond donors (Lipinski definition) is 0. The molecule has 0 aliphatic heterocycles. The first-order valence-electron chi connectivity index (χ1n) is 13.9. The van der Waals surface area contributed by atoms with E-state index in [0.29, 0.717) is 22.3 Å². The zero-order valence-electron chi connectivity index (χ0n) is 25.2. The highest BCUT2D eigenvalue weighted by Gasteiger charge is 2.35. The summed E-state index contributed by atoms with van der Waals surface area (Å²) in [5.74, 6) is -1.12. The van der Waals surface area contributed by atoms with E-state index in [0.717, 1.165) is 6.07 Å². The van der Waals surface area contributed by atoms with Gasteiger partial charge in [0, 0.05) is 23.2 Å². The predicted molar refractivity (Wildman–Crippen MR) is 156 cm³/mol. The Balaban J connectivity index is 1.58. The molecule has 1 aromatic heterocycles. The number of benzene rings is 3. The third-order valence-corrected chi connectivity index (χ3v) is 6.92. The van der Waals surface area contributed by atoms with Crippen molar-refractivity contribution in [2.75, 3.05) is 7.05 Å². The van der Waals surface area contributed by atoms with E-state index < -0.39 is 29.2 Å². The van der Waals surface area contributed by atoms with E-state index >= 15 is 4.39 Å². The van der Waals surface area contributed by atoms with Crippen molar-refractivity contribution in [2.24, 2.45) is 5.92 Å². The molecule has 0 radical (unpaired) electrons. The van der Waals surface area contributed by atoms with Crippen LogP contribution in [0.25, 0.3) is 34.0 Å². The van der Waals surface area contributed by atoms with E-state index in [2.05, 4.69) is 10.1 Å². The first-order valence-corrected chi connectivity index (χ1v) is 13.9. The number of alkyl halides is 3. The summed E-state index contributed by atoms with van der Waals surface area (Å²) in [6.07, 6.45) is -4.62. The van der Waals surface area contributed by atoms with E-state index in [1.165, 1.54) is 18.2 Å². The molecule has 228 valence electrons. The Morgan fingerprint density at radius 2 is 1.65 bits per heavy atom. The van der Waals surface area contributed by atoms with Crippen molar-refractivity contribution < 1.29 is 31.6 Å². The first kappa shape index (κ1) is 31.9. The van der Waals surface area contributed by atoms with Crippen LogP contribution >= 0.6 is 0 Å². The average molecular weight is 598 g/mol. The summed E-state index contributed by atoms with van der Waals surface area (Å²) < 4.78 is 68.3. The van der Waals surface area contributed by atoms with Crippen molar-refractivity contribution in [3.8, 4) is 34.0 Å². The summed E-state index contributed by atoms with van der Waals surface area (Å²) in [6, 6.07) is 14.5. The number of esters is 1. The van der Waals surface area contributed by atoms with Gasteiger partial charge in [-0.2, -0.15) is 18.2 Å². The molecule has 4 aromatic rings. The molecular formula is C33H35F4N3O3. The Hall–Kier alpha value is -4.05. The maximum atomic E-state index is 15.2. The number of hydrogen-bond acceptors (Lipinski definition) is 6. The number of carbonyl (C=O) groups is 1. The van der Waals surface area contributed by atoms with Gasteiger partial charge in [0.1, 0.15) is 17.5 Å². The molecule has 4 rings (SSSR count). The molecule has 0 saturated heterocycles. The van der Waals surface area contributed by atoms with Gasteiger partial charge in [0.25, 0.3) is 5.89 Å². The Morgan fingerprint density at radius 3 is 2.26 bits per heavy atom. The molecule has 1 atom stereocenters. The average Bonchev–Trinajstić information content (AvgIpc) is 3.38. The Labute approximate surface area is 248 Å². The third-order valence-electron chi connectivity index (χ3n) is 6.92. The van der Waals surface area contributed by atoms with Gasteiger partial charge in [-0.15, -0.1) is 0 Å². The summed E-state index contributed by atoms with van der Waals surface area (Å²) in [5, 5.41) is 3.88. The molecule has 0 bridgehead atoms. The van der Waals surface area contributed by atoms with Crippen LogP contribution in [0.1, 0.15) is 51.3 Å². The monoisotopic (exact) mass is 597 g/mol. The topological polar surface area (TPSA) is 68.5 Å². The van der Waals surface area contributed by atoms with Crippen LogP contribution in [0, 0.1) is 18.7 Å². The zero-order chi connectivity index (χ0) is 31.7. The number of halogens is 4. The lowest BCUT2D eigenvalue weighted by atomic mass is 9.94. The van der Waals surface area contributed by atoms with Gasteiger partial charge >= 0.3 is 12.1 Å². The molecular weight excluding hydrogens is 562 g/mol. The standard InChI is InChI=1S/C33H35F4N3O3/c1-19(2)28(31(41)42-32(4,5)6)40(7)18-23-13-12-21(17-27(23)34)29-38-30(43-39-29)22-14-15-25(26(16-22)33(35,36)37)24-11-9-8-10-20(24)3/h8-17,19,28H,18H2,1-7H3/t28-/m0/s1. The molecule has 0 aliphatic rings. The molecule has 0 amide bonds. The SMILES string of the molecule is Cc1ccccc1-c1ccc(-c2nc(-c3ccc(CN(C)[C@H](C(=O)OC(C)(C)C)C(C)C)c(F)c3)no2)cc1C(F)(F)F. The van der Waals surface area contributed by atoms with E-state index in [4.69, 9.17) is 9.26 Å². The van der Waals surface area contributed by atoms with Crippen molar-refractivity contribution in [3.63, 3.8) is 0 Å². The van der Waals surface area contributed by atoms with E-state index in [1.54, 1.807) is 76.0 Å². The van der Waals surface area contributed by atoms with Gasteiger partial charge in [-0.3, -0.25) is 9.69 Å². The van der Waals surface area contributed by atoms with Crippen LogP contribution in [-0.2, 0) is 22.3 Å². The van der Waals surface area contributed by atoms with Gasteiger partial charge in [0.2, 0.25) is 5.82 Å². The van der Waals surface area contributed by atoms with Gasteiger partial charge in [0.15, 0.2) is 0 Å². The molecule has 1 heterocycles. The van der Waals surface area contributed by atoms with E-state index in [1.807, 2.05) is 13.8 Å². The number of nitrogens with zero attached hydrogens (tertiary/aromatic N) is 3. The quantitative estimate of drug-likeness (QED) is 0.150. The minimum absolute atomic E-state index is 0.0270. The van der Waals surface area contributed by atoms with Crippen LogP contribution < -0.4 is 0 Å². The van der Waals surface area contributed by atoms with Gasteiger partial charge < -0.3 is 9.26 Å². The molecule has 0 N–H and O–H groups in total. The van der Waals surface area contributed by atoms with Gasteiger partial charge in [-0.25, -0.2) is 4.39 Å². The smallest absolute Gasteiger partial charge is 0.417 e. The van der Waals surface area contributed by atoms with Crippen LogP contribution in [0.15, 0.2) is 65.2 Å². The second-order valence-corrected chi connectivity index (χ2v) is 11.9. The molecule has 0 aliphatic carbocycles. The Kier molecular flexibility index (Phi) is 9.11. The van der Waals surface area contributed by atoms with Crippen molar-refractivity contribution in [3.05, 3.63) is 83.2 Å². The fourth-order valence-corrected chi connectivity index (χ4v) is 4.98. The fourth-order valence-electron chi connectivity index (χ4n) is 4.98. The fraction of sp³-hybridized carbons (Fsp3) is 0.364. The second kappa shape index (κ2) is 12.3. The van der Waals surface area contributed by atoms with E-state index in [-0.39, 0.29) is 41.3 Å². The molecule has 0 saturated carbocycles. The van der Waals surface area contributed by atoms with E-state index in [9.17, 15) is 18.0 Å². The highest BCUT2D eigenvalue weighted by Crippen LogP contribution is 2.40. The minimum Gasteiger partial charge on any atom is -0.459 e. The number of ether oxygens (including phenoxy) is 1. The van der Waals surface area contributed by atoms with Crippen molar-refractivity contribution in [1.82, 2.24) is 15.0 Å². The number of rotatable bonds is 8. The van der Waals surface area contributed by atoms with Gasteiger partial charge in [-0.1, -0.05) is 61.5 Å². The second-order valence-electron chi connectivity index (χ2n) is 11.9. The van der Waals surface area contributed by atoms with Gasteiger partial charge in [0.05, 0.1) is 5.56 Å². The summed E-state index contributed by atoms with van der Waals surface area (Å²) in [6.45, 7) is 11.1. The molecule has 0 unspecified atom stereocenters. The highest BCUT2D eigenvalue weighted by atomic mass is 19.4. The molecule has 6 nitrogen and oxygen atoms in total. The lowest BCUT2D eigenvalue weighted by Gasteiger charge is -2.32. The molecule has 0 spiro atoms. The van der Waals surface area contributed by atoms with Crippen molar-refractivity contribution >= 4 is 5.97 Å². The number of carbonyl (C=O) groups excluding carboxylic acids is 1. The number of aryl methyl sites for hydroxylation is 1. The molecule has 3 aromatic carbocycles. The maximum Gasteiger partial charge on any atom is 0.417 e. The highest BCUT2D eigenvalue weighted by molar-refractivity contribution is 5.76. The Morgan fingerprint density at radius 1 is 0.977 bits per heavy atom. The third kappa shape index (κ3) is 7.48. The number of aromatic nitrogens is 2. The number of likely N-dealkylation sites (N-methyl/N-ethyl adjacent to an activating group) is 1. The Bertz CT molecular complexity index is 1610. The summed E-state index contributed by atoms with van der Waals surface area (Å²) in [4.78, 5) is 18.8. The largest absolute Gasteiger partial charge is 0.459 e. The maximum absolute atomic E-state index is 15.2.